The van der Waals surface area contributed by atoms with Crippen LogP contribution in [-0.4, -0.2) is 21.3 Å². The lowest BCUT2D eigenvalue weighted by molar-refractivity contribution is 0.445. The summed E-state index contributed by atoms with van der Waals surface area (Å²) in [5.41, 5.74) is 0. The number of hydrogen-bond acceptors (Lipinski definition) is 4. The molecule has 1 atom stereocenters. The minimum absolute atomic E-state index is 0.302. The molecule has 6 heteroatoms. The van der Waals surface area contributed by atoms with Crippen molar-refractivity contribution in [3.05, 3.63) is 32.9 Å². The summed E-state index contributed by atoms with van der Waals surface area (Å²) in [6.45, 7) is 8.53. The van der Waals surface area contributed by atoms with Gasteiger partial charge in [0.15, 0.2) is 0 Å². The molecule has 0 aromatic carbocycles. The monoisotopic (exact) mass is 370 g/mol. The van der Waals surface area contributed by atoms with Crippen molar-refractivity contribution in [1.82, 2.24) is 20.1 Å². The van der Waals surface area contributed by atoms with E-state index < -0.39 is 0 Å². The van der Waals surface area contributed by atoms with Gasteiger partial charge in [-0.15, -0.1) is 11.3 Å². The van der Waals surface area contributed by atoms with Gasteiger partial charge in [-0.05, 0) is 40.9 Å². The number of aromatic nitrogens is 3. The largest absolute Gasteiger partial charge is 0.309 e. The van der Waals surface area contributed by atoms with Gasteiger partial charge in [0.1, 0.15) is 12.2 Å². The van der Waals surface area contributed by atoms with Crippen LogP contribution in [0.5, 0.6) is 0 Å². The van der Waals surface area contributed by atoms with Crippen molar-refractivity contribution >= 4 is 27.3 Å². The first kappa shape index (κ1) is 16.6. The molecule has 0 amide bonds. The van der Waals surface area contributed by atoms with Crippen molar-refractivity contribution in [2.45, 2.75) is 46.2 Å². The molecule has 0 radical (unpaired) electrons. The van der Waals surface area contributed by atoms with Crippen molar-refractivity contribution in [1.29, 1.82) is 0 Å². The molecule has 0 spiro atoms. The Balaban J connectivity index is 2.13. The zero-order valence-electron chi connectivity index (χ0n) is 12.8. The Labute approximate surface area is 139 Å². The van der Waals surface area contributed by atoms with E-state index in [0.29, 0.717) is 12.0 Å². The Morgan fingerprint density at radius 2 is 2.24 bits per heavy atom. The zero-order valence-corrected chi connectivity index (χ0v) is 15.2. The second-order valence-electron chi connectivity index (χ2n) is 5.63. The van der Waals surface area contributed by atoms with Gasteiger partial charge in [-0.25, -0.2) is 9.67 Å². The van der Waals surface area contributed by atoms with Crippen molar-refractivity contribution in [3.63, 3.8) is 0 Å². The number of nitrogens with zero attached hydrogens (tertiary/aromatic N) is 3. The van der Waals surface area contributed by atoms with E-state index in [-0.39, 0.29) is 0 Å². The van der Waals surface area contributed by atoms with Crippen LogP contribution in [0.25, 0.3) is 0 Å². The standard InChI is InChI=1S/C15H23BrN4S/c1-4-5-17-13(14-6-12(16)9-21-14)7-15-18-10-19-20(15)8-11(2)3/h6,9-11,13,17H,4-5,7-8H2,1-3H3. The summed E-state index contributed by atoms with van der Waals surface area (Å²) < 4.78 is 3.18. The average Bonchev–Trinajstić information content (AvgIpc) is 3.03. The van der Waals surface area contributed by atoms with Gasteiger partial charge in [-0.3, -0.25) is 0 Å². The average molecular weight is 371 g/mol. The van der Waals surface area contributed by atoms with E-state index >= 15 is 0 Å². The molecule has 2 aromatic rings. The van der Waals surface area contributed by atoms with Gasteiger partial charge in [-0.2, -0.15) is 5.10 Å². The maximum Gasteiger partial charge on any atom is 0.138 e. The summed E-state index contributed by atoms with van der Waals surface area (Å²) >= 11 is 5.33. The highest BCUT2D eigenvalue weighted by molar-refractivity contribution is 9.10. The second kappa shape index (κ2) is 8.06. The molecule has 4 nitrogen and oxygen atoms in total. The van der Waals surface area contributed by atoms with Gasteiger partial charge < -0.3 is 5.32 Å². The van der Waals surface area contributed by atoms with Crippen molar-refractivity contribution in [2.75, 3.05) is 6.54 Å². The van der Waals surface area contributed by atoms with E-state index in [9.17, 15) is 0 Å². The van der Waals surface area contributed by atoms with E-state index in [1.807, 2.05) is 4.68 Å². The van der Waals surface area contributed by atoms with Crippen LogP contribution in [-0.2, 0) is 13.0 Å². The Morgan fingerprint density at radius 3 is 2.86 bits per heavy atom. The molecule has 2 heterocycles. The lowest BCUT2D eigenvalue weighted by Crippen LogP contribution is -2.25. The lowest BCUT2D eigenvalue weighted by Gasteiger charge is -2.17. The maximum absolute atomic E-state index is 4.45. The van der Waals surface area contributed by atoms with Gasteiger partial charge >= 0.3 is 0 Å². The number of hydrogen-bond donors (Lipinski definition) is 1. The zero-order chi connectivity index (χ0) is 15.2. The summed E-state index contributed by atoms with van der Waals surface area (Å²) in [7, 11) is 0. The first-order chi connectivity index (χ1) is 10.1. The van der Waals surface area contributed by atoms with Gasteiger partial charge in [0.2, 0.25) is 0 Å². The molecule has 21 heavy (non-hydrogen) atoms. The summed E-state index contributed by atoms with van der Waals surface area (Å²) in [6.07, 6.45) is 3.67. The number of thiophene rings is 1. The van der Waals surface area contributed by atoms with E-state index in [1.165, 1.54) is 4.88 Å². The van der Waals surface area contributed by atoms with E-state index in [0.717, 1.165) is 36.2 Å². The maximum atomic E-state index is 4.45. The fourth-order valence-corrected chi connectivity index (χ4v) is 3.75. The highest BCUT2D eigenvalue weighted by atomic mass is 79.9. The first-order valence-corrected chi connectivity index (χ1v) is 9.11. The topological polar surface area (TPSA) is 42.7 Å². The number of halogens is 1. The van der Waals surface area contributed by atoms with Crippen LogP contribution in [0, 0.1) is 5.92 Å². The Hall–Kier alpha value is -0.720. The third-order valence-electron chi connectivity index (χ3n) is 3.19. The lowest BCUT2D eigenvalue weighted by atomic mass is 10.1. The van der Waals surface area contributed by atoms with Gasteiger partial charge in [0, 0.05) is 33.7 Å². The predicted molar refractivity (Wildman–Crippen MR) is 91.6 cm³/mol. The molecule has 0 saturated carbocycles. The molecule has 0 fully saturated rings. The molecule has 0 bridgehead atoms. The van der Waals surface area contributed by atoms with Gasteiger partial charge in [0.25, 0.3) is 0 Å². The van der Waals surface area contributed by atoms with Crippen molar-refractivity contribution in [3.8, 4) is 0 Å². The molecule has 2 rings (SSSR count). The Kier molecular flexibility index (Phi) is 6.39. The van der Waals surface area contributed by atoms with Crippen LogP contribution in [0.4, 0.5) is 0 Å². The number of rotatable bonds is 8. The van der Waals surface area contributed by atoms with Crippen LogP contribution in [0.2, 0.25) is 0 Å². The molecular formula is C15H23BrN4S. The molecule has 1 unspecified atom stereocenters. The highest BCUT2D eigenvalue weighted by Crippen LogP contribution is 2.27. The smallest absolute Gasteiger partial charge is 0.138 e. The Bertz CT molecular complexity index is 549. The third kappa shape index (κ3) is 4.90. The van der Waals surface area contributed by atoms with E-state index in [4.69, 9.17) is 0 Å². The van der Waals surface area contributed by atoms with E-state index in [1.54, 1.807) is 17.7 Å². The molecule has 0 aliphatic rings. The summed E-state index contributed by atoms with van der Waals surface area (Å²) in [4.78, 5) is 5.80. The molecular weight excluding hydrogens is 348 g/mol. The quantitative estimate of drug-likeness (QED) is 0.762. The highest BCUT2D eigenvalue weighted by Gasteiger charge is 2.17. The second-order valence-corrected chi connectivity index (χ2v) is 7.49. The van der Waals surface area contributed by atoms with Gasteiger partial charge in [0.05, 0.1) is 0 Å². The van der Waals surface area contributed by atoms with Crippen LogP contribution < -0.4 is 5.32 Å². The summed E-state index contributed by atoms with van der Waals surface area (Å²) in [5, 5.41) is 10.1. The van der Waals surface area contributed by atoms with Crippen LogP contribution >= 0.6 is 27.3 Å². The van der Waals surface area contributed by atoms with E-state index in [2.05, 4.69) is 63.5 Å². The van der Waals surface area contributed by atoms with Crippen LogP contribution in [0.15, 0.2) is 22.2 Å². The molecule has 116 valence electrons. The van der Waals surface area contributed by atoms with Gasteiger partial charge in [-0.1, -0.05) is 20.8 Å². The van der Waals surface area contributed by atoms with Crippen LogP contribution in [0.3, 0.4) is 0 Å². The minimum Gasteiger partial charge on any atom is -0.309 e. The molecule has 0 aliphatic carbocycles. The van der Waals surface area contributed by atoms with Crippen molar-refractivity contribution < 1.29 is 0 Å². The predicted octanol–water partition coefficient (Wildman–Crippen LogP) is 4.04. The minimum atomic E-state index is 0.302. The Morgan fingerprint density at radius 1 is 1.43 bits per heavy atom. The number of nitrogens with one attached hydrogen (secondary N) is 1. The first-order valence-electron chi connectivity index (χ1n) is 7.44. The molecule has 2 aromatic heterocycles. The molecule has 0 aliphatic heterocycles. The fraction of sp³-hybridized carbons (Fsp3) is 0.600. The molecule has 0 saturated heterocycles. The third-order valence-corrected chi connectivity index (χ3v) is 5.00. The normalized spacial score (nSPS) is 13.0. The van der Waals surface area contributed by atoms with Crippen molar-refractivity contribution in [2.24, 2.45) is 5.92 Å². The summed E-state index contributed by atoms with van der Waals surface area (Å²) in [5.74, 6) is 1.63. The fourth-order valence-electron chi connectivity index (χ4n) is 2.23. The summed E-state index contributed by atoms with van der Waals surface area (Å²) in [6, 6.07) is 2.50. The molecule has 1 N–H and O–H groups in total. The SMILES string of the molecule is CCCNC(Cc1ncnn1CC(C)C)c1cc(Br)cs1. The van der Waals surface area contributed by atoms with Crippen LogP contribution in [0.1, 0.15) is 43.9 Å².